The Balaban J connectivity index is 0.000000850. The maximum atomic E-state index is 10.1. The first kappa shape index (κ1) is 70.5. The van der Waals surface area contributed by atoms with E-state index in [0.29, 0.717) is 0 Å². The molecule has 0 bridgehead atoms. The third-order valence-electron chi connectivity index (χ3n) is 16.3. The molecule has 73 heavy (non-hydrogen) atoms. The molecule has 0 atom stereocenters. The van der Waals surface area contributed by atoms with Gasteiger partial charge in [-0.05, 0) is 113 Å². The van der Waals surface area contributed by atoms with Crippen molar-refractivity contribution in [3.8, 4) is 0 Å². The van der Waals surface area contributed by atoms with Gasteiger partial charge in [0.25, 0.3) is 0 Å². The van der Waals surface area contributed by atoms with Crippen molar-refractivity contribution in [2.45, 2.75) is 308 Å². The van der Waals surface area contributed by atoms with E-state index in [9.17, 15) is 59.4 Å². The van der Waals surface area contributed by atoms with Gasteiger partial charge in [0, 0.05) is 35.8 Å². The molecule has 12 nitrogen and oxygen atoms in total. The standard InChI is InChI=1S/6C10H18O2.Mo/c6*11-10(12)8-4-7-9-5-2-1-3-6-9;/h6*9H,1-8H2,(H,11,12);/q;;;;;;+6/p-6. The summed E-state index contributed by atoms with van der Waals surface area (Å²) >= 11 is 0. The van der Waals surface area contributed by atoms with Gasteiger partial charge in [-0.15, -0.1) is 0 Å². The Morgan fingerprint density at radius 1 is 0.219 bits per heavy atom. The second kappa shape index (κ2) is 49.1. The van der Waals surface area contributed by atoms with Crippen LogP contribution in [0.1, 0.15) is 308 Å². The van der Waals surface area contributed by atoms with Crippen molar-refractivity contribution in [1.82, 2.24) is 0 Å². The number of hydrogen-bond donors (Lipinski definition) is 0. The van der Waals surface area contributed by atoms with Gasteiger partial charge >= 0.3 is 21.1 Å². The molecule has 0 aliphatic heterocycles. The summed E-state index contributed by atoms with van der Waals surface area (Å²) in [4.78, 5) is 60.8. The average molecular weight is 1110 g/mol. The first-order valence-corrected chi connectivity index (χ1v) is 29.9. The van der Waals surface area contributed by atoms with Crippen molar-refractivity contribution in [2.75, 3.05) is 0 Å². The second-order valence-electron chi connectivity index (χ2n) is 22.6. The van der Waals surface area contributed by atoms with Crippen molar-refractivity contribution < 1.29 is 80.5 Å². The summed E-state index contributed by atoms with van der Waals surface area (Å²) in [6.45, 7) is 0. The first-order valence-electron chi connectivity index (χ1n) is 29.9. The van der Waals surface area contributed by atoms with E-state index in [2.05, 4.69) is 0 Å². The molecule has 6 rings (SSSR count). The summed E-state index contributed by atoms with van der Waals surface area (Å²) in [6, 6.07) is 0. The summed E-state index contributed by atoms with van der Waals surface area (Å²) in [5, 5.41) is 60.8. The van der Waals surface area contributed by atoms with Crippen molar-refractivity contribution >= 4 is 35.8 Å². The minimum Gasteiger partial charge on any atom is -0.550 e. The average Bonchev–Trinajstić information content (AvgIpc) is 3.36. The third-order valence-corrected chi connectivity index (χ3v) is 16.3. The number of carboxylic acid groups (broad SMARTS) is 6. The fourth-order valence-corrected chi connectivity index (χ4v) is 12.1. The van der Waals surface area contributed by atoms with Crippen LogP contribution >= 0.6 is 0 Å². The fraction of sp³-hybridized carbons (Fsp3) is 0.900. The Kier molecular flexibility index (Phi) is 47.4. The van der Waals surface area contributed by atoms with Crippen LogP contribution in [0, 0.1) is 35.5 Å². The number of aliphatic carboxylic acids is 6. The molecular weight excluding hydrogens is 1010 g/mol. The van der Waals surface area contributed by atoms with Gasteiger partial charge in [-0.2, -0.15) is 0 Å². The van der Waals surface area contributed by atoms with Gasteiger partial charge in [-0.1, -0.05) is 231 Å². The number of carbonyl (C=O) groups excluding carboxylic acids is 6. The molecule has 0 aromatic carbocycles. The van der Waals surface area contributed by atoms with Crippen LogP contribution in [0.25, 0.3) is 0 Å². The number of carboxylic acids is 6. The van der Waals surface area contributed by atoms with Crippen LogP contribution in [0.2, 0.25) is 0 Å². The predicted molar refractivity (Wildman–Crippen MR) is 273 cm³/mol. The van der Waals surface area contributed by atoms with Crippen molar-refractivity contribution in [3.63, 3.8) is 0 Å². The molecule has 420 valence electrons. The van der Waals surface area contributed by atoms with E-state index in [1.165, 1.54) is 193 Å². The predicted octanol–water partition coefficient (Wildman–Crippen LogP) is 8.92. The maximum Gasteiger partial charge on any atom is 6.00 e. The van der Waals surface area contributed by atoms with Gasteiger partial charge in [0.05, 0.1) is 0 Å². The van der Waals surface area contributed by atoms with Crippen molar-refractivity contribution in [1.29, 1.82) is 0 Å². The Labute approximate surface area is 457 Å². The molecule has 6 saturated carbocycles. The van der Waals surface area contributed by atoms with E-state index in [-0.39, 0.29) is 59.6 Å². The molecule has 0 aromatic rings. The molecule has 13 heteroatoms. The first-order chi connectivity index (χ1) is 34.7. The fourth-order valence-electron chi connectivity index (χ4n) is 12.1. The molecule has 6 aliphatic carbocycles. The maximum absolute atomic E-state index is 10.1. The normalized spacial score (nSPS) is 19.1. The van der Waals surface area contributed by atoms with Gasteiger partial charge in [-0.3, -0.25) is 0 Å². The zero-order valence-electron chi connectivity index (χ0n) is 45.7. The van der Waals surface area contributed by atoms with Crippen LogP contribution in [-0.2, 0) is 49.8 Å². The Morgan fingerprint density at radius 2 is 0.329 bits per heavy atom. The molecular formula is C60H102MoO12. The molecule has 0 radical (unpaired) electrons. The molecule has 0 heterocycles. The molecule has 0 N–H and O–H groups in total. The zero-order chi connectivity index (χ0) is 52.9. The number of carbonyl (C=O) groups is 6. The molecule has 0 unspecified atom stereocenters. The van der Waals surface area contributed by atoms with Gasteiger partial charge in [0.2, 0.25) is 0 Å². The molecule has 6 fully saturated rings. The van der Waals surface area contributed by atoms with E-state index in [1.54, 1.807) is 0 Å². The monoisotopic (exact) mass is 1110 g/mol. The molecule has 6 aliphatic rings. The van der Waals surface area contributed by atoms with E-state index in [4.69, 9.17) is 0 Å². The molecule has 0 saturated heterocycles. The number of rotatable bonds is 24. The van der Waals surface area contributed by atoms with Gasteiger partial charge in [0.1, 0.15) is 0 Å². The quantitative estimate of drug-likeness (QED) is 0.0823. The summed E-state index contributed by atoms with van der Waals surface area (Å²) < 4.78 is 0. The second-order valence-corrected chi connectivity index (χ2v) is 22.6. The Bertz CT molecular complexity index is 1090. The summed E-state index contributed by atoms with van der Waals surface area (Å²) in [5.41, 5.74) is 0. The van der Waals surface area contributed by atoms with Crippen LogP contribution in [0.3, 0.4) is 0 Å². The summed E-state index contributed by atoms with van der Waals surface area (Å²) in [5.74, 6) is -0.562. The van der Waals surface area contributed by atoms with Gasteiger partial charge in [0.15, 0.2) is 0 Å². The van der Waals surface area contributed by atoms with E-state index >= 15 is 0 Å². The minimum absolute atomic E-state index is 0. The Morgan fingerprint density at radius 3 is 0.425 bits per heavy atom. The smallest absolute Gasteiger partial charge is 0.550 e. The summed E-state index contributed by atoms with van der Waals surface area (Å²) in [7, 11) is 0. The SMILES string of the molecule is O=C([O-])CCCC1CCCCC1.O=C([O-])CCCC1CCCCC1.O=C([O-])CCCC1CCCCC1.O=C([O-])CCCC1CCCCC1.O=C([O-])CCCC1CCCCC1.O=C([O-])CCCC1CCCCC1.[Mo+6]. The van der Waals surface area contributed by atoms with Crippen LogP contribution in [-0.4, -0.2) is 35.8 Å². The largest absolute Gasteiger partial charge is 6.00 e. The molecule has 0 aromatic heterocycles. The van der Waals surface area contributed by atoms with Gasteiger partial charge < -0.3 is 59.4 Å². The Hall–Kier alpha value is -2.49. The van der Waals surface area contributed by atoms with Crippen LogP contribution in [0.15, 0.2) is 0 Å². The van der Waals surface area contributed by atoms with Crippen LogP contribution in [0.4, 0.5) is 0 Å². The third kappa shape index (κ3) is 47.7. The van der Waals surface area contributed by atoms with Crippen molar-refractivity contribution in [3.05, 3.63) is 0 Å². The summed E-state index contributed by atoms with van der Waals surface area (Å²) in [6.07, 6.45) is 53.0. The van der Waals surface area contributed by atoms with Gasteiger partial charge in [-0.25, -0.2) is 0 Å². The van der Waals surface area contributed by atoms with E-state index in [0.717, 1.165) is 113 Å². The van der Waals surface area contributed by atoms with Crippen molar-refractivity contribution in [2.24, 2.45) is 35.5 Å². The van der Waals surface area contributed by atoms with E-state index in [1.807, 2.05) is 0 Å². The van der Waals surface area contributed by atoms with Crippen LogP contribution < -0.4 is 30.6 Å². The minimum atomic E-state index is -0.897. The number of hydrogen-bond acceptors (Lipinski definition) is 12. The zero-order valence-corrected chi connectivity index (χ0v) is 47.7. The van der Waals surface area contributed by atoms with E-state index < -0.39 is 35.8 Å². The topological polar surface area (TPSA) is 241 Å². The molecule has 0 amide bonds. The van der Waals surface area contributed by atoms with Crippen LogP contribution in [0.5, 0.6) is 0 Å². The molecule has 0 spiro atoms.